The van der Waals surface area contributed by atoms with Crippen molar-refractivity contribution in [3.8, 4) is 11.1 Å². The van der Waals surface area contributed by atoms with Crippen LogP contribution in [0.4, 0.5) is 11.5 Å². The fourth-order valence-electron chi connectivity index (χ4n) is 2.81. The number of nitrogen functional groups attached to an aromatic ring is 1. The summed E-state index contributed by atoms with van der Waals surface area (Å²) in [6.07, 6.45) is 4.26. The Morgan fingerprint density at radius 1 is 1.36 bits per heavy atom. The maximum atomic E-state index is 12.1. The first-order valence-electron chi connectivity index (χ1n) is 7.78. The third-order valence-electron chi connectivity index (χ3n) is 4.27. The number of amides is 1. The van der Waals surface area contributed by atoms with Crippen LogP contribution in [0.2, 0.25) is 0 Å². The number of aryl methyl sites for hydroxylation is 1. The van der Waals surface area contributed by atoms with Gasteiger partial charge in [-0.2, -0.15) is 5.10 Å². The molecule has 8 nitrogen and oxygen atoms in total. The number of fused-ring (bicyclic) bond motifs is 1. The molecular formula is C17H15N7O. The minimum Gasteiger partial charge on any atom is -0.397 e. The van der Waals surface area contributed by atoms with Crippen molar-refractivity contribution in [1.82, 2.24) is 20.0 Å². The number of anilines is 2. The molecule has 0 bridgehead atoms. The van der Waals surface area contributed by atoms with Gasteiger partial charge in [-0.1, -0.05) is 0 Å². The van der Waals surface area contributed by atoms with Crippen molar-refractivity contribution in [3.63, 3.8) is 0 Å². The normalized spacial score (nSPS) is 18.7. The molecule has 8 heteroatoms. The molecule has 2 heterocycles. The average Bonchev–Trinajstić information content (AvgIpc) is 3.27. The van der Waals surface area contributed by atoms with Gasteiger partial charge in [-0.15, -0.1) is 10.2 Å². The third kappa shape index (κ3) is 2.76. The molecule has 0 spiro atoms. The van der Waals surface area contributed by atoms with E-state index in [1.54, 1.807) is 16.9 Å². The summed E-state index contributed by atoms with van der Waals surface area (Å²) in [7, 11) is 1.85. The number of hydrogen-bond acceptors (Lipinski definition) is 5. The lowest BCUT2D eigenvalue weighted by Crippen LogP contribution is -2.16. The van der Waals surface area contributed by atoms with E-state index in [0.29, 0.717) is 23.4 Å². The van der Waals surface area contributed by atoms with E-state index in [9.17, 15) is 4.79 Å². The second-order valence-corrected chi connectivity index (χ2v) is 6.16. The van der Waals surface area contributed by atoms with E-state index in [1.165, 1.54) is 0 Å². The lowest BCUT2D eigenvalue weighted by Gasteiger charge is -2.07. The third-order valence-corrected chi connectivity index (χ3v) is 4.27. The van der Waals surface area contributed by atoms with E-state index in [2.05, 4.69) is 25.5 Å². The van der Waals surface area contributed by atoms with Gasteiger partial charge in [0.15, 0.2) is 5.82 Å². The van der Waals surface area contributed by atoms with Gasteiger partial charge in [0.2, 0.25) is 11.9 Å². The highest BCUT2D eigenvalue weighted by Crippen LogP contribution is 2.35. The van der Waals surface area contributed by atoms with Gasteiger partial charge in [0.1, 0.15) is 11.4 Å². The molecule has 1 fully saturated rings. The molecule has 3 N–H and O–H groups in total. The number of rotatable bonds is 3. The number of carbonyl (C=O) groups is 1. The summed E-state index contributed by atoms with van der Waals surface area (Å²) >= 11 is 0. The van der Waals surface area contributed by atoms with Gasteiger partial charge in [0, 0.05) is 30.6 Å². The molecule has 1 aromatic carbocycles. The summed E-state index contributed by atoms with van der Waals surface area (Å²) in [4.78, 5) is 15.5. The van der Waals surface area contributed by atoms with Gasteiger partial charge in [-0.3, -0.25) is 9.48 Å². The predicted octanol–water partition coefficient (Wildman–Crippen LogP) is 1.86. The molecule has 2 unspecified atom stereocenters. The molecule has 1 saturated carbocycles. The van der Waals surface area contributed by atoms with Crippen LogP contribution in [0.3, 0.4) is 0 Å². The molecule has 2 atom stereocenters. The molecule has 2 aromatic heterocycles. The fourth-order valence-corrected chi connectivity index (χ4v) is 2.81. The summed E-state index contributed by atoms with van der Waals surface area (Å²) in [6, 6.07) is 5.30. The first-order chi connectivity index (χ1) is 12.0. The number of nitrogens with one attached hydrogen (secondary N) is 1. The van der Waals surface area contributed by atoms with Crippen LogP contribution in [0.15, 0.2) is 30.6 Å². The Bertz CT molecular complexity index is 1030. The highest BCUT2D eigenvalue weighted by molar-refractivity contribution is 5.98. The molecule has 4 rings (SSSR count). The van der Waals surface area contributed by atoms with Crippen LogP contribution in [-0.4, -0.2) is 31.9 Å². The zero-order valence-corrected chi connectivity index (χ0v) is 13.5. The quantitative estimate of drug-likeness (QED) is 0.562. The average molecular weight is 333 g/mol. The molecule has 0 aliphatic heterocycles. The summed E-state index contributed by atoms with van der Waals surface area (Å²) in [5.74, 6) is -0.0799. The Morgan fingerprint density at radius 2 is 2.20 bits per heavy atom. The lowest BCUT2D eigenvalue weighted by molar-refractivity contribution is -0.117. The van der Waals surface area contributed by atoms with E-state index in [-0.39, 0.29) is 17.9 Å². The summed E-state index contributed by atoms with van der Waals surface area (Å²) in [5.41, 5.74) is 9.04. The number of hydrogen-bond donors (Lipinski definition) is 2. The van der Waals surface area contributed by atoms with Crippen LogP contribution in [0.25, 0.3) is 26.9 Å². The molecule has 124 valence electrons. The minimum atomic E-state index is -0.248. The van der Waals surface area contributed by atoms with Crippen molar-refractivity contribution >= 4 is 28.3 Å². The van der Waals surface area contributed by atoms with Crippen LogP contribution < -0.4 is 11.1 Å². The molecule has 0 radical (unpaired) electrons. The van der Waals surface area contributed by atoms with Crippen molar-refractivity contribution in [2.75, 3.05) is 11.1 Å². The second kappa shape index (κ2) is 5.56. The molecule has 25 heavy (non-hydrogen) atoms. The molecule has 1 amide bonds. The number of benzene rings is 1. The Kier molecular flexibility index (Phi) is 3.35. The van der Waals surface area contributed by atoms with Crippen molar-refractivity contribution in [2.24, 2.45) is 13.0 Å². The minimum absolute atomic E-state index is 0.189. The molecule has 1 aliphatic carbocycles. The predicted molar refractivity (Wildman–Crippen MR) is 93.3 cm³/mol. The summed E-state index contributed by atoms with van der Waals surface area (Å²) < 4.78 is 1.72. The first kappa shape index (κ1) is 15.1. The Labute approximate surface area is 143 Å². The van der Waals surface area contributed by atoms with Crippen molar-refractivity contribution in [1.29, 1.82) is 0 Å². The molecule has 0 saturated heterocycles. The van der Waals surface area contributed by atoms with E-state index in [4.69, 9.17) is 12.3 Å². The van der Waals surface area contributed by atoms with Gasteiger partial charge in [0.25, 0.3) is 0 Å². The zero-order valence-electron chi connectivity index (χ0n) is 13.5. The highest BCUT2D eigenvalue weighted by atomic mass is 16.2. The molecule has 3 aromatic rings. The van der Waals surface area contributed by atoms with E-state index >= 15 is 0 Å². The Balaban J connectivity index is 1.67. The standard InChI is InChI=1S/C17H15N7O/c1-19-14-6-12(14)17(25)21-15-5-10-3-9(11-7-20-24(2)8-11)4-13(18)16(10)23-22-15/h3-5,7-8,12,14H,6,18H2,2H3,(H,21,22,25). The number of aromatic nitrogens is 4. The molecular weight excluding hydrogens is 318 g/mol. The van der Waals surface area contributed by atoms with Crippen LogP contribution in [0.1, 0.15) is 6.42 Å². The fraction of sp³-hybridized carbons (Fsp3) is 0.235. The smallest absolute Gasteiger partial charge is 0.236 e. The first-order valence-corrected chi connectivity index (χ1v) is 7.78. The van der Waals surface area contributed by atoms with Crippen molar-refractivity contribution in [3.05, 3.63) is 42.0 Å². The number of carbonyl (C=O) groups excluding carboxylic acids is 1. The highest BCUT2D eigenvalue weighted by Gasteiger charge is 2.49. The number of nitrogens with zero attached hydrogens (tertiary/aromatic N) is 5. The monoisotopic (exact) mass is 333 g/mol. The van der Waals surface area contributed by atoms with Crippen LogP contribution in [0, 0.1) is 12.5 Å². The summed E-state index contributed by atoms with van der Waals surface area (Å²) in [6.45, 7) is 6.96. The lowest BCUT2D eigenvalue weighted by atomic mass is 10.1. The Morgan fingerprint density at radius 3 is 2.88 bits per heavy atom. The summed E-state index contributed by atoms with van der Waals surface area (Å²) in [5, 5.41) is 15.8. The molecule has 1 aliphatic rings. The van der Waals surface area contributed by atoms with Crippen molar-refractivity contribution in [2.45, 2.75) is 12.5 Å². The Hall–Kier alpha value is -3.47. The largest absolute Gasteiger partial charge is 0.397 e. The maximum Gasteiger partial charge on any atom is 0.236 e. The number of nitrogens with two attached hydrogens (primary N) is 1. The maximum absolute atomic E-state index is 12.1. The van der Waals surface area contributed by atoms with Crippen LogP contribution >= 0.6 is 0 Å². The topological polar surface area (TPSA) is 103 Å². The van der Waals surface area contributed by atoms with Gasteiger partial charge in [0.05, 0.1) is 11.9 Å². The van der Waals surface area contributed by atoms with E-state index < -0.39 is 0 Å². The second-order valence-electron chi connectivity index (χ2n) is 6.16. The SMILES string of the molecule is [C-]#[N+]C1CC1C(=O)Nc1cc2cc(-c3cnn(C)c3)cc(N)c2nn1. The van der Waals surface area contributed by atoms with Gasteiger partial charge in [-0.05, 0) is 23.8 Å². The van der Waals surface area contributed by atoms with E-state index in [0.717, 1.165) is 16.5 Å². The van der Waals surface area contributed by atoms with Gasteiger partial charge in [-0.25, -0.2) is 6.57 Å². The van der Waals surface area contributed by atoms with Crippen molar-refractivity contribution < 1.29 is 4.79 Å². The van der Waals surface area contributed by atoms with Crippen LogP contribution in [0.5, 0.6) is 0 Å². The zero-order chi connectivity index (χ0) is 17.6. The van der Waals surface area contributed by atoms with Crippen LogP contribution in [-0.2, 0) is 11.8 Å². The van der Waals surface area contributed by atoms with Gasteiger partial charge >= 0.3 is 0 Å². The van der Waals surface area contributed by atoms with Gasteiger partial charge < -0.3 is 15.9 Å². The van der Waals surface area contributed by atoms with E-state index in [1.807, 2.05) is 25.4 Å².